The van der Waals surface area contributed by atoms with E-state index in [9.17, 15) is 27.6 Å². The van der Waals surface area contributed by atoms with Crippen LogP contribution in [0.5, 0.6) is 5.75 Å². The number of alkyl halides is 3. The molecule has 0 aromatic heterocycles. The molecule has 1 aliphatic rings. The number of esters is 1. The fourth-order valence-corrected chi connectivity index (χ4v) is 2.85. The second kappa shape index (κ2) is 8.34. The molecule has 0 fully saturated rings. The van der Waals surface area contributed by atoms with Crippen molar-refractivity contribution in [3.63, 3.8) is 0 Å². The molecule has 0 saturated carbocycles. The molecule has 0 radical (unpaired) electrons. The molecule has 0 aliphatic carbocycles. The molecule has 6 nitrogen and oxygen atoms in total. The third kappa shape index (κ3) is 5.13. The van der Waals surface area contributed by atoms with Gasteiger partial charge in [-0.15, -0.1) is 13.2 Å². The monoisotopic (exact) mass is 407 g/mol. The van der Waals surface area contributed by atoms with E-state index < -0.39 is 12.3 Å². The normalized spacial score (nSPS) is 13.4. The summed E-state index contributed by atoms with van der Waals surface area (Å²) in [6, 6.07) is 11.5. The van der Waals surface area contributed by atoms with Crippen LogP contribution < -0.4 is 4.74 Å². The van der Waals surface area contributed by atoms with Crippen LogP contribution in [0, 0.1) is 0 Å². The molecule has 0 saturated heterocycles. The van der Waals surface area contributed by atoms with E-state index in [1.54, 1.807) is 24.3 Å². The first kappa shape index (κ1) is 20.4. The second-order valence-corrected chi connectivity index (χ2v) is 6.26. The molecule has 0 atom stereocenters. The van der Waals surface area contributed by atoms with Gasteiger partial charge in [-0.2, -0.15) is 0 Å². The average Bonchev–Trinajstić information content (AvgIpc) is 2.91. The van der Waals surface area contributed by atoms with E-state index in [1.165, 1.54) is 12.1 Å². The van der Waals surface area contributed by atoms with Crippen molar-refractivity contribution in [2.45, 2.75) is 25.8 Å². The molecule has 152 valence electrons. The number of hydrogen-bond donors (Lipinski definition) is 0. The van der Waals surface area contributed by atoms with Crippen LogP contribution >= 0.6 is 0 Å². The molecule has 29 heavy (non-hydrogen) atoms. The standard InChI is InChI=1S/C20H16F3NO5/c21-20(22,23)29-14-9-7-13(8-10-14)12-28-17(25)6-3-11-24-18(26)15-4-1-2-5-16(15)19(24)27/h1-2,4-5,7-10H,3,6,11-12H2. The van der Waals surface area contributed by atoms with Gasteiger partial charge in [0.1, 0.15) is 12.4 Å². The predicted octanol–water partition coefficient (Wildman–Crippen LogP) is 3.70. The number of carbonyl (C=O) groups excluding carboxylic acids is 3. The Hall–Kier alpha value is -3.36. The van der Waals surface area contributed by atoms with Crippen LogP contribution in [0.4, 0.5) is 13.2 Å². The van der Waals surface area contributed by atoms with Gasteiger partial charge in [-0.25, -0.2) is 0 Å². The van der Waals surface area contributed by atoms with Crippen molar-refractivity contribution in [2.75, 3.05) is 6.54 Å². The van der Waals surface area contributed by atoms with E-state index in [2.05, 4.69) is 4.74 Å². The number of fused-ring (bicyclic) bond motifs is 1. The second-order valence-electron chi connectivity index (χ2n) is 6.26. The summed E-state index contributed by atoms with van der Waals surface area (Å²) in [5.74, 6) is -1.69. The van der Waals surface area contributed by atoms with Gasteiger partial charge in [0.15, 0.2) is 0 Å². The number of ether oxygens (including phenoxy) is 2. The minimum absolute atomic E-state index is 0.0112. The zero-order chi connectivity index (χ0) is 21.0. The number of carbonyl (C=O) groups is 3. The van der Waals surface area contributed by atoms with Gasteiger partial charge in [0.2, 0.25) is 0 Å². The number of amides is 2. The highest BCUT2D eigenvalue weighted by Crippen LogP contribution is 2.24. The van der Waals surface area contributed by atoms with Crippen molar-refractivity contribution < 1.29 is 37.0 Å². The maximum Gasteiger partial charge on any atom is 0.573 e. The first-order chi connectivity index (χ1) is 13.7. The molecule has 2 aromatic rings. The molecule has 9 heteroatoms. The molecule has 0 spiro atoms. The molecule has 0 N–H and O–H groups in total. The number of imide groups is 1. The van der Waals surface area contributed by atoms with Gasteiger partial charge in [0, 0.05) is 13.0 Å². The van der Waals surface area contributed by atoms with Crippen LogP contribution in [-0.4, -0.2) is 35.6 Å². The largest absolute Gasteiger partial charge is 0.573 e. The summed E-state index contributed by atoms with van der Waals surface area (Å²) in [4.78, 5) is 37.4. The summed E-state index contributed by atoms with van der Waals surface area (Å²) in [5, 5.41) is 0. The Morgan fingerprint density at radius 2 is 1.52 bits per heavy atom. The smallest absolute Gasteiger partial charge is 0.461 e. The van der Waals surface area contributed by atoms with Crippen LogP contribution in [0.2, 0.25) is 0 Å². The van der Waals surface area contributed by atoms with Gasteiger partial charge in [0.25, 0.3) is 11.8 Å². The number of nitrogens with zero attached hydrogens (tertiary/aromatic N) is 1. The Morgan fingerprint density at radius 3 is 2.07 bits per heavy atom. The lowest BCUT2D eigenvalue weighted by molar-refractivity contribution is -0.274. The Morgan fingerprint density at radius 1 is 0.931 bits per heavy atom. The maximum absolute atomic E-state index is 12.2. The molecule has 2 amide bonds. The number of benzene rings is 2. The van der Waals surface area contributed by atoms with Gasteiger partial charge in [-0.05, 0) is 36.2 Å². The Bertz CT molecular complexity index is 889. The average molecular weight is 407 g/mol. The molecule has 1 aliphatic heterocycles. The SMILES string of the molecule is O=C(CCCN1C(=O)c2ccccc2C1=O)OCc1ccc(OC(F)(F)F)cc1. The van der Waals surface area contributed by atoms with Crippen molar-refractivity contribution in [1.29, 1.82) is 0 Å². The lowest BCUT2D eigenvalue weighted by Crippen LogP contribution is -2.31. The zero-order valence-corrected chi connectivity index (χ0v) is 15.1. The number of rotatable bonds is 7. The highest BCUT2D eigenvalue weighted by molar-refractivity contribution is 6.21. The summed E-state index contributed by atoms with van der Waals surface area (Å²) in [7, 11) is 0. The first-order valence-electron chi connectivity index (χ1n) is 8.70. The lowest BCUT2D eigenvalue weighted by atomic mass is 10.1. The van der Waals surface area contributed by atoms with E-state index in [-0.39, 0.29) is 43.6 Å². The molecule has 0 bridgehead atoms. The van der Waals surface area contributed by atoms with Gasteiger partial charge >= 0.3 is 12.3 Å². The van der Waals surface area contributed by atoms with Crippen molar-refractivity contribution in [1.82, 2.24) is 4.90 Å². The van der Waals surface area contributed by atoms with E-state index in [1.807, 2.05) is 0 Å². The fraction of sp³-hybridized carbons (Fsp3) is 0.250. The molecule has 0 unspecified atom stereocenters. The fourth-order valence-electron chi connectivity index (χ4n) is 2.85. The topological polar surface area (TPSA) is 72.9 Å². The van der Waals surface area contributed by atoms with Crippen molar-refractivity contribution in [2.24, 2.45) is 0 Å². The minimum Gasteiger partial charge on any atom is -0.461 e. The van der Waals surface area contributed by atoms with Crippen LogP contribution in [0.3, 0.4) is 0 Å². The summed E-state index contributed by atoms with van der Waals surface area (Å²) in [6.07, 6.45) is -4.54. The lowest BCUT2D eigenvalue weighted by Gasteiger charge is -2.13. The van der Waals surface area contributed by atoms with E-state index in [4.69, 9.17) is 4.74 Å². The van der Waals surface area contributed by atoms with Crippen LogP contribution in [0.15, 0.2) is 48.5 Å². The molecule has 1 heterocycles. The third-order valence-corrected chi connectivity index (χ3v) is 4.20. The van der Waals surface area contributed by atoms with E-state index in [0.717, 1.165) is 17.0 Å². The van der Waals surface area contributed by atoms with Crippen molar-refractivity contribution >= 4 is 17.8 Å². The van der Waals surface area contributed by atoms with Crippen LogP contribution in [-0.2, 0) is 16.1 Å². The van der Waals surface area contributed by atoms with E-state index >= 15 is 0 Å². The minimum atomic E-state index is -4.77. The molecular weight excluding hydrogens is 391 g/mol. The maximum atomic E-state index is 12.2. The first-order valence-corrected chi connectivity index (χ1v) is 8.70. The summed E-state index contributed by atoms with van der Waals surface area (Å²) >= 11 is 0. The van der Waals surface area contributed by atoms with Gasteiger partial charge < -0.3 is 9.47 Å². The Kier molecular flexibility index (Phi) is 5.86. The van der Waals surface area contributed by atoms with E-state index in [0.29, 0.717) is 16.7 Å². The molecular formula is C20H16F3NO5. The molecule has 3 rings (SSSR count). The van der Waals surface area contributed by atoms with Gasteiger partial charge in [-0.1, -0.05) is 24.3 Å². The third-order valence-electron chi connectivity index (χ3n) is 4.20. The van der Waals surface area contributed by atoms with Gasteiger partial charge in [0.05, 0.1) is 11.1 Å². The Balaban J connectivity index is 1.42. The summed E-state index contributed by atoms with van der Waals surface area (Å²) < 4.78 is 45.2. The highest BCUT2D eigenvalue weighted by Gasteiger charge is 2.34. The number of hydrogen-bond acceptors (Lipinski definition) is 5. The number of halogens is 3. The molecule has 2 aromatic carbocycles. The van der Waals surface area contributed by atoms with Crippen molar-refractivity contribution in [3.8, 4) is 5.75 Å². The highest BCUT2D eigenvalue weighted by atomic mass is 19.4. The summed E-state index contributed by atoms with van der Waals surface area (Å²) in [5.41, 5.74) is 1.18. The quantitative estimate of drug-likeness (QED) is 0.517. The predicted molar refractivity (Wildman–Crippen MR) is 94.0 cm³/mol. The van der Waals surface area contributed by atoms with Crippen LogP contribution in [0.1, 0.15) is 39.1 Å². The zero-order valence-electron chi connectivity index (χ0n) is 15.1. The van der Waals surface area contributed by atoms with Gasteiger partial charge in [-0.3, -0.25) is 19.3 Å². The summed E-state index contributed by atoms with van der Waals surface area (Å²) in [6.45, 7) is -0.0247. The van der Waals surface area contributed by atoms with Crippen molar-refractivity contribution in [3.05, 3.63) is 65.2 Å². The Labute approximate surface area is 163 Å². The van der Waals surface area contributed by atoms with Crippen LogP contribution in [0.25, 0.3) is 0 Å².